The molecule has 2 N–H and O–H groups in total. The SMILES string of the molecule is COCc1cc(CN2CCCCC2CN)no1. The van der Waals surface area contributed by atoms with Crippen molar-refractivity contribution in [1.82, 2.24) is 10.1 Å². The summed E-state index contributed by atoms with van der Waals surface area (Å²) in [5.41, 5.74) is 6.76. The fourth-order valence-electron chi connectivity index (χ4n) is 2.38. The van der Waals surface area contributed by atoms with E-state index < -0.39 is 0 Å². The maximum absolute atomic E-state index is 5.79. The summed E-state index contributed by atoms with van der Waals surface area (Å²) < 4.78 is 10.2. The van der Waals surface area contributed by atoms with Gasteiger partial charge in [0.15, 0.2) is 5.76 Å². The number of methoxy groups -OCH3 is 1. The molecule has 5 nitrogen and oxygen atoms in total. The van der Waals surface area contributed by atoms with E-state index in [0.29, 0.717) is 12.6 Å². The molecule has 2 rings (SSSR count). The molecule has 2 heterocycles. The van der Waals surface area contributed by atoms with E-state index in [1.54, 1.807) is 7.11 Å². The Kier molecular flexibility index (Phi) is 4.53. The van der Waals surface area contributed by atoms with Crippen LogP contribution in [0.1, 0.15) is 30.7 Å². The molecule has 96 valence electrons. The lowest BCUT2D eigenvalue weighted by Crippen LogP contribution is -2.43. The predicted molar refractivity (Wildman–Crippen MR) is 64.3 cm³/mol. The van der Waals surface area contributed by atoms with Gasteiger partial charge in [-0.05, 0) is 19.4 Å². The van der Waals surface area contributed by atoms with E-state index in [9.17, 15) is 0 Å². The number of nitrogens with zero attached hydrogens (tertiary/aromatic N) is 2. The average Bonchev–Trinajstić information content (AvgIpc) is 2.78. The Bertz CT molecular complexity index is 340. The molecule has 0 saturated carbocycles. The van der Waals surface area contributed by atoms with Crippen molar-refractivity contribution in [1.29, 1.82) is 0 Å². The topological polar surface area (TPSA) is 64.5 Å². The quantitative estimate of drug-likeness (QED) is 0.834. The molecule has 1 aromatic heterocycles. The Morgan fingerprint density at radius 3 is 3.24 bits per heavy atom. The average molecular weight is 239 g/mol. The van der Waals surface area contributed by atoms with Gasteiger partial charge in [0.2, 0.25) is 0 Å². The summed E-state index contributed by atoms with van der Waals surface area (Å²) in [6, 6.07) is 2.46. The molecular weight excluding hydrogens is 218 g/mol. The molecule has 17 heavy (non-hydrogen) atoms. The van der Waals surface area contributed by atoms with Gasteiger partial charge in [0.1, 0.15) is 6.61 Å². The Morgan fingerprint density at radius 1 is 1.59 bits per heavy atom. The fraction of sp³-hybridized carbons (Fsp3) is 0.750. The zero-order chi connectivity index (χ0) is 12.1. The van der Waals surface area contributed by atoms with Crippen LogP contribution in [0.15, 0.2) is 10.6 Å². The lowest BCUT2D eigenvalue weighted by Gasteiger charge is -2.34. The number of aromatic nitrogens is 1. The van der Waals surface area contributed by atoms with Crippen molar-refractivity contribution in [2.24, 2.45) is 5.73 Å². The maximum Gasteiger partial charge on any atom is 0.162 e. The Morgan fingerprint density at radius 2 is 2.47 bits per heavy atom. The van der Waals surface area contributed by atoms with Crippen LogP contribution in [0.4, 0.5) is 0 Å². The van der Waals surface area contributed by atoms with E-state index in [1.165, 1.54) is 19.3 Å². The van der Waals surface area contributed by atoms with Crippen molar-refractivity contribution in [3.63, 3.8) is 0 Å². The molecular formula is C12H21N3O2. The van der Waals surface area contributed by atoms with Crippen molar-refractivity contribution in [2.45, 2.75) is 38.5 Å². The third kappa shape index (κ3) is 3.28. The number of piperidine rings is 1. The molecule has 0 amide bonds. The number of nitrogens with two attached hydrogens (primary N) is 1. The lowest BCUT2D eigenvalue weighted by molar-refractivity contribution is 0.139. The van der Waals surface area contributed by atoms with Crippen LogP contribution < -0.4 is 5.73 Å². The Hall–Kier alpha value is -0.910. The summed E-state index contributed by atoms with van der Waals surface area (Å²) in [5.74, 6) is 0.781. The first-order chi connectivity index (χ1) is 8.33. The first kappa shape index (κ1) is 12.5. The number of likely N-dealkylation sites (tertiary alicyclic amines) is 1. The van der Waals surface area contributed by atoms with Gasteiger partial charge in [-0.3, -0.25) is 4.90 Å². The zero-order valence-electron chi connectivity index (χ0n) is 10.4. The van der Waals surface area contributed by atoms with Gasteiger partial charge in [0, 0.05) is 32.3 Å². The number of ether oxygens (including phenoxy) is 1. The molecule has 1 saturated heterocycles. The number of hydrogen-bond acceptors (Lipinski definition) is 5. The van der Waals surface area contributed by atoms with Gasteiger partial charge in [-0.15, -0.1) is 0 Å². The highest BCUT2D eigenvalue weighted by atomic mass is 16.5. The number of rotatable bonds is 5. The highest BCUT2D eigenvalue weighted by molar-refractivity contribution is 5.05. The van der Waals surface area contributed by atoms with E-state index in [4.69, 9.17) is 15.0 Å². The van der Waals surface area contributed by atoms with Gasteiger partial charge in [0.25, 0.3) is 0 Å². The molecule has 1 aliphatic rings. The van der Waals surface area contributed by atoms with Gasteiger partial charge in [-0.2, -0.15) is 0 Å². The summed E-state index contributed by atoms with van der Waals surface area (Å²) in [7, 11) is 1.65. The third-order valence-corrected chi connectivity index (χ3v) is 3.28. The van der Waals surface area contributed by atoms with Crippen LogP contribution >= 0.6 is 0 Å². The first-order valence-corrected chi connectivity index (χ1v) is 6.21. The molecule has 1 unspecified atom stereocenters. The maximum atomic E-state index is 5.79. The molecule has 0 spiro atoms. The molecule has 1 aliphatic heterocycles. The molecule has 5 heteroatoms. The molecule has 0 aromatic carbocycles. The third-order valence-electron chi connectivity index (χ3n) is 3.28. The van der Waals surface area contributed by atoms with E-state index in [1.807, 2.05) is 6.07 Å². The van der Waals surface area contributed by atoms with Gasteiger partial charge in [0.05, 0.1) is 5.69 Å². The van der Waals surface area contributed by atoms with Crippen molar-refractivity contribution in [3.8, 4) is 0 Å². The highest BCUT2D eigenvalue weighted by Gasteiger charge is 2.22. The molecule has 0 radical (unpaired) electrons. The second-order valence-electron chi connectivity index (χ2n) is 4.57. The smallest absolute Gasteiger partial charge is 0.162 e. The van der Waals surface area contributed by atoms with Crippen LogP contribution in [0, 0.1) is 0 Å². The van der Waals surface area contributed by atoms with Crippen LogP contribution in [0.5, 0.6) is 0 Å². The van der Waals surface area contributed by atoms with E-state index in [-0.39, 0.29) is 0 Å². The highest BCUT2D eigenvalue weighted by Crippen LogP contribution is 2.19. The van der Waals surface area contributed by atoms with E-state index in [2.05, 4.69) is 10.1 Å². The minimum absolute atomic E-state index is 0.479. The van der Waals surface area contributed by atoms with Crippen LogP contribution in [0.3, 0.4) is 0 Å². The van der Waals surface area contributed by atoms with Crippen molar-refractivity contribution < 1.29 is 9.26 Å². The second-order valence-corrected chi connectivity index (χ2v) is 4.57. The van der Waals surface area contributed by atoms with Crippen LogP contribution in [-0.4, -0.2) is 36.3 Å². The van der Waals surface area contributed by atoms with Gasteiger partial charge >= 0.3 is 0 Å². The minimum Gasteiger partial charge on any atom is -0.377 e. The summed E-state index contributed by atoms with van der Waals surface area (Å²) in [6.45, 7) is 3.14. The summed E-state index contributed by atoms with van der Waals surface area (Å²) in [5, 5.41) is 4.06. The minimum atomic E-state index is 0.479. The predicted octanol–water partition coefficient (Wildman–Crippen LogP) is 1.13. The van der Waals surface area contributed by atoms with Crippen LogP contribution in [0.2, 0.25) is 0 Å². The summed E-state index contributed by atoms with van der Waals surface area (Å²) in [4.78, 5) is 2.40. The van der Waals surface area contributed by atoms with Crippen molar-refractivity contribution >= 4 is 0 Å². The van der Waals surface area contributed by atoms with E-state index in [0.717, 1.165) is 31.1 Å². The Balaban J connectivity index is 1.93. The van der Waals surface area contributed by atoms with Crippen LogP contribution in [-0.2, 0) is 17.9 Å². The second kappa shape index (κ2) is 6.14. The van der Waals surface area contributed by atoms with Gasteiger partial charge in [-0.1, -0.05) is 11.6 Å². The monoisotopic (exact) mass is 239 g/mol. The van der Waals surface area contributed by atoms with Gasteiger partial charge < -0.3 is 15.0 Å². The van der Waals surface area contributed by atoms with Crippen molar-refractivity contribution in [3.05, 3.63) is 17.5 Å². The summed E-state index contributed by atoms with van der Waals surface area (Å²) in [6.07, 6.45) is 3.73. The zero-order valence-corrected chi connectivity index (χ0v) is 10.4. The molecule has 0 bridgehead atoms. The van der Waals surface area contributed by atoms with Crippen molar-refractivity contribution in [2.75, 3.05) is 20.2 Å². The molecule has 1 aromatic rings. The normalized spacial score (nSPS) is 21.9. The standard InChI is InChI=1S/C12H21N3O2/c1-16-9-12-6-10(14-17-12)8-15-5-3-2-4-11(15)7-13/h6,11H,2-5,7-9,13H2,1H3. The summed E-state index contributed by atoms with van der Waals surface area (Å²) >= 11 is 0. The molecule has 0 aliphatic carbocycles. The largest absolute Gasteiger partial charge is 0.377 e. The Labute approximate surface area is 102 Å². The number of hydrogen-bond donors (Lipinski definition) is 1. The fourth-order valence-corrected chi connectivity index (χ4v) is 2.38. The molecule has 1 fully saturated rings. The van der Waals surface area contributed by atoms with E-state index >= 15 is 0 Å². The van der Waals surface area contributed by atoms with Gasteiger partial charge in [-0.25, -0.2) is 0 Å². The lowest BCUT2D eigenvalue weighted by atomic mass is 10.0. The first-order valence-electron chi connectivity index (χ1n) is 6.21. The molecule has 1 atom stereocenters. The van der Waals surface area contributed by atoms with Crippen LogP contribution in [0.25, 0.3) is 0 Å².